The topological polar surface area (TPSA) is 46.3 Å². The number of amides is 1. The molecular weight excluding hydrogens is 260 g/mol. The first-order chi connectivity index (χ1) is 8.68. The Morgan fingerprint density at radius 2 is 1.74 bits per heavy atom. The molecular formula is C15H29ClN2O. The molecule has 1 saturated carbocycles. The lowest BCUT2D eigenvalue weighted by Gasteiger charge is -2.36. The minimum Gasteiger partial charge on any atom is -0.342 e. The van der Waals surface area contributed by atoms with Gasteiger partial charge in [-0.3, -0.25) is 4.79 Å². The molecule has 0 aromatic carbocycles. The quantitative estimate of drug-likeness (QED) is 0.794. The van der Waals surface area contributed by atoms with Gasteiger partial charge in [-0.05, 0) is 38.5 Å². The van der Waals surface area contributed by atoms with E-state index in [1.54, 1.807) is 0 Å². The van der Waals surface area contributed by atoms with Crippen LogP contribution in [-0.4, -0.2) is 29.9 Å². The molecule has 2 fully saturated rings. The van der Waals surface area contributed by atoms with E-state index in [-0.39, 0.29) is 18.4 Å². The number of rotatable bonds is 2. The number of nitrogens with two attached hydrogens (primary N) is 1. The molecule has 0 aromatic rings. The van der Waals surface area contributed by atoms with Crippen molar-refractivity contribution in [1.29, 1.82) is 0 Å². The predicted molar refractivity (Wildman–Crippen MR) is 81.4 cm³/mol. The molecule has 19 heavy (non-hydrogen) atoms. The van der Waals surface area contributed by atoms with Crippen molar-refractivity contribution in [2.24, 2.45) is 17.6 Å². The Morgan fingerprint density at radius 1 is 1.11 bits per heavy atom. The number of nitrogens with zero attached hydrogens (tertiary/aromatic N) is 1. The Morgan fingerprint density at radius 3 is 2.32 bits per heavy atom. The van der Waals surface area contributed by atoms with Crippen molar-refractivity contribution >= 4 is 18.3 Å². The highest BCUT2D eigenvalue weighted by atomic mass is 35.5. The number of hydrogen-bond donors (Lipinski definition) is 1. The lowest BCUT2D eigenvalue weighted by atomic mass is 9.90. The smallest absolute Gasteiger partial charge is 0.225 e. The second-order valence-electron chi connectivity index (χ2n) is 6.23. The summed E-state index contributed by atoms with van der Waals surface area (Å²) in [5, 5.41) is 0. The van der Waals surface area contributed by atoms with E-state index in [0.717, 1.165) is 32.4 Å². The highest BCUT2D eigenvalue weighted by Crippen LogP contribution is 2.27. The van der Waals surface area contributed by atoms with Crippen LogP contribution in [0.25, 0.3) is 0 Å². The summed E-state index contributed by atoms with van der Waals surface area (Å²) in [6.07, 6.45) is 9.63. The van der Waals surface area contributed by atoms with Crippen LogP contribution in [0.15, 0.2) is 0 Å². The van der Waals surface area contributed by atoms with Crippen LogP contribution in [-0.2, 0) is 4.79 Å². The van der Waals surface area contributed by atoms with E-state index in [0.29, 0.717) is 17.7 Å². The number of carbonyl (C=O) groups is 1. The standard InChI is InChI=1S/C15H28N2O.ClH/c1-12(16)14-9-6-10-17(11-14)15(18)13-7-4-2-3-5-8-13;/h12-14H,2-11,16H2,1H3;1H. The Balaban J connectivity index is 0.00000180. The molecule has 0 spiro atoms. The van der Waals surface area contributed by atoms with Gasteiger partial charge in [-0.25, -0.2) is 0 Å². The average Bonchev–Trinajstić information content (AvgIpc) is 2.67. The fraction of sp³-hybridized carbons (Fsp3) is 0.933. The number of carbonyl (C=O) groups excluding carboxylic acids is 1. The third-order valence-electron chi connectivity index (χ3n) is 4.72. The van der Waals surface area contributed by atoms with Crippen molar-refractivity contribution in [3.05, 3.63) is 0 Å². The summed E-state index contributed by atoms with van der Waals surface area (Å²) in [7, 11) is 0. The minimum absolute atomic E-state index is 0. The molecule has 0 aromatic heterocycles. The summed E-state index contributed by atoms with van der Waals surface area (Å²) in [5.74, 6) is 1.23. The van der Waals surface area contributed by atoms with E-state index in [1.807, 2.05) is 0 Å². The van der Waals surface area contributed by atoms with Gasteiger partial charge in [-0.2, -0.15) is 0 Å². The predicted octanol–water partition coefficient (Wildman–Crippen LogP) is 2.96. The molecule has 2 rings (SSSR count). The van der Waals surface area contributed by atoms with E-state index in [4.69, 9.17) is 5.73 Å². The summed E-state index contributed by atoms with van der Waals surface area (Å²) in [4.78, 5) is 14.7. The van der Waals surface area contributed by atoms with Crippen LogP contribution >= 0.6 is 12.4 Å². The summed E-state index contributed by atoms with van der Waals surface area (Å²) in [6.45, 7) is 3.93. The monoisotopic (exact) mass is 288 g/mol. The average molecular weight is 289 g/mol. The molecule has 1 saturated heterocycles. The summed E-state index contributed by atoms with van der Waals surface area (Å²) in [6, 6.07) is 0.217. The van der Waals surface area contributed by atoms with Crippen LogP contribution in [0.1, 0.15) is 58.3 Å². The van der Waals surface area contributed by atoms with E-state index in [9.17, 15) is 4.79 Å². The second kappa shape index (κ2) is 8.11. The van der Waals surface area contributed by atoms with E-state index in [1.165, 1.54) is 32.1 Å². The van der Waals surface area contributed by atoms with Gasteiger partial charge in [0.1, 0.15) is 0 Å². The van der Waals surface area contributed by atoms with Gasteiger partial charge >= 0.3 is 0 Å². The molecule has 2 N–H and O–H groups in total. The maximum Gasteiger partial charge on any atom is 0.225 e. The first-order valence-corrected chi connectivity index (χ1v) is 7.73. The van der Waals surface area contributed by atoms with Crippen molar-refractivity contribution in [2.75, 3.05) is 13.1 Å². The zero-order valence-electron chi connectivity index (χ0n) is 12.1. The third kappa shape index (κ3) is 4.64. The van der Waals surface area contributed by atoms with Gasteiger partial charge in [-0.15, -0.1) is 12.4 Å². The number of hydrogen-bond acceptors (Lipinski definition) is 2. The number of likely N-dealkylation sites (tertiary alicyclic amines) is 1. The van der Waals surface area contributed by atoms with Crippen molar-refractivity contribution in [1.82, 2.24) is 4.90 Å². The first-order valence-electron chi connectivity index (χ1n) is 7.73. The van der Waals surface area contributed by atoms with Gasteiger partial charge in [0.05, 0.1) is 0 Å². The van der Waals surface area contributed by atoms with Gasteiger partial charge in [0.2, 0.25) is 5.91 Å². The largest absolute Gasteiger partial charge is 0.342 e. The zero-order valence-corrected chi connectivity index (χ0v) is 13.0. The molecule has 112 valence electrons. The molecule has 3 nitrogen and oxygen atoms in total. The SMILES string of the molecule is CC(N)C1CCCN(C(=O)C2CCCCCC2)C1.Cl. The minimum atomic E-state index is 0. The van der Waals surface area contributed by atoms with Gasteiger partial charge in [0, 0.05) is 25.0 Å². The zero-order chi connectivity index (χ0) is 13.0. The van der Waals surface area contributed by atoms with Crippen LogP contribution in [0.3, 0.4) is 0 Å². The molecule has 1 aliphatic heterocycles. The van der Waals surface area contributed by atoms with E-state index >= 15 is 0 Å². The Labute approximate surface area is 123 Å². The molecule has 1 aliphatic carbocycles. The van der Waals surface area contributed by atoms with Gasteiger partial charge in [0.15, 0.2) is 0 Å². The molecule has 2 unspecified atom stereocenters. The Bertz CT molecular complexity index is 275. The van der Waals surface area contributed by atoms with Crippen LogP contribution in [0, 0.1) is 11.8 Å². The normalized spacial score (nSPS) is 27.3. The fourth-order valence-electron chi connectivity index (χ4n) is 3.42. The van der Waals surface area contributed by atoms with Crippen molar-refractivity contribution in [3.8, 4) is 0 Å². The lowest BCUT2D eigenvalue weighted by Crippen LogP contribution is -2.47. The number of piperidine rings is 1. The fourth-order valence-corrected chi connectivity index (χ4v) is 3.42. The van der Waals surface area contributed by atoms with Crippen LogP contribution in [0.5, 0.6) is 0 Å². The lowest BCUT2D eigenvalue weighted by molar-refractivity contribution is -0.137. The van der Waals surface area contributed by atoms with E-state index in [2.05, 4.69) is 11.8 Å². The molecule has 0 bridgehead atoms. The molecule has 1 heterocycles. The maximum absolute atomic E-state index is 12.6. The molecule has 4 heteroatoms. The first kappa shape index (κ1) is 16.8. The molecule has 2 atom stereocenters. The van der Waals surface area contributed by atoms with Crippen LogP contribution in [0.4, 0.5) is 0 Å². The summed E-state index contributed by atoms with van der Waals surface area (Å²) >= 11 is 0. The highest BCUT2D eigenvalue weighted by molar-refractivity contribution is 5.85. The maximum atomic E-state index is 12.6. The molecule has 0 radical (unpaired) electrons. The van der Waals surface area contributed by atoms with Crippen molar-refractivity contribution in [2.45, 2.75) is 64.3 Å². The second-order valence-corrected chi connectivity index (χ2v) is 6.23. The van der Waals surface area contributed by atoms with E-state index < -0.39 is 0 Å². The Kier molecular flexibility index (Phi) is 7.16. The van der Waals surface area contributed by atoms with Crippen molar-refractivity contribution < 1.29 is 4.79 Å². The van der Waals surface area contributed by atoms with Gasteiger partial charge in [0.25, 0.3) is 0 Å². The van der Waals surface area contributed by atoms with Crippen LogP contribution < -0.4 is 5.73 Å². The Hall–Kier alpha value is -0.280. The third-order valence-corrected chi connectivity index (χ3v) is 4.72. The number of halogens is 1. The summed E-state index contributed by atoms with van der Waals surface area (Å²) < 4.78 is 0. The highest BCUT2D eigenvalue weighted by Gasteiger charge is 2.30. The molecule has 1 amide bonds. The molecule has 2 aliphatic rings. The summed E-state index contributed by atoms with van der Waals surface area (Å²) in [5.41, 5.74) is 5.99. The van der Waals surface area contributed by atoms with Gasteiger partial charge < -0.3 is 10.6 Å². The van der Waals surface area contributed by atoms with Crippen LogP contribution in [0.2, 0.25) is 0 Å². The van der Waals surface area contributed by atoms with Crippen molar-refractivity contribution in [3.63, 3.8) is 0 Å². The van der Waals surface area contributed by atoms with Gasteiger partial charge in [-0.1, -0.05) is 25.7 Å².